The summed E-state index contributed by atoms with van der Waals surface area (Å²) in [5.74, 6) is 0. The van der Waals surface area contributed by atoms with Crippen LogP contribution in [0.25, 0.3) is 0 Å². The standard InChI is InChI=1S/C9H17N3/c1-2-3-6-11-9-8(10)5-4-7-12-9/h4-5,7,9,11-12H,2-3,6,10H2,1H3. The maximum absolute atomic E-state index is 5.75. The van der Waals surface area contributed by atoms with Gasteiger partial charge in [-0.15, -0.1) is 0 Å². The van der Waals surface area contributed by atoms with E-state index in [0.29, 0.717) is 0 Å². The van der Waals surface area contributed by atoms with Gasteiger partial charge < -0.3 is 11.1 Å². The van der Waals surface area contributed by atoms with E-state index in [1.54, 1.807) is 0 Å². The smallest absolute Gasteiger partial charge is 0.117 e. The van der Waals surface area contributed by atoms with Crippen molar-refractivity contribution in [1.82, 2.24) is 10.6 Å². The molecule has 0 aliphatic carbocycles. The average molecular weight is 167 g/mol. The van der Waals surface area contributed by atoms with Crippen LogP contribution in [-0.2, 0) is 0 Å². The molecule has 0 fully saturated rings. The van der Waals surface area contributed by atoms with Crippen molar-refractivity contribution in [2.24, 2.45) is 5.73 Å². The molecule has 1 aliphatic rings. The fourth-order valence-corrected chi connectivity index (χ4v) is 1.10. The van der Waals surface area contributed by atoms with Crippen molar-refractivity contribution in [1.29, 1.82) is 0 Å². The van der Waals surface area contributed by atoms with Crippen LogP contribution >= 0.6 is 0 Å². The summed E-state index contributed by atoms with van der Waals surface area (Å²) in [6, 6.07) is 0. The summed E-state index contributed by atoms with van der Waals surface area (Å²) in [5, 5.41) is 6.46. The third kappa shape index (κ3) is 2.58. The minimum absolute atomic E-state index is 0.126. The highest BCUT2D eigenvalue weighted by atomic mass is 15.1. The van der Waals surface area contributed by atoms with E-state index in [1.807, 2.05) is 18.4 Å². The summed E-state index contributed by atoms with van der Waals surface area (Å²) in [5.41, 5.74) is 6.60. The monoisotopic (exact) mass is 167 g/mol. The van der Waals surface area contributed by atoms with Gasteiger partial charge in [-0.3, -0.25) is 5.32 Å². The van der Waals surface area contributed by atoms with Gasteiger partial charge in [0.15, 0.2) is 0 Å². The lowest BCUT2D eigenvalue weighted by Crippen LogP contribution is -2.45. The molecule has 0 amide bonds. The van der Waals surface area contributed by atoms with Gasteiger partial charge in [-0.2, -0.15) is 0 Å². The van der Waals surface area contributed by atoms with Crippen molar-refractivity contribution in [2.75, 3.05) is 6.54 Å². The molecule has 0 bridgehead atoms. The molecule has 0 aromatic carbocycles. The van der Waals surface area contributed by atoms with Crippen LogP contribution in [0.1, 0.15) is 19.8 Å². The molecule has 0 aromatic heterocycles. The van der Waals surface area contributed by atoms with Crippen LogP contribution in [0.3, 0.4) is 0 Å². The van der Waals surface area contributed by atoms with Crippen LogP contribution in [0.5, 0.6) is 0 Å². The molecule has 0 spiro atoms. The molecular formula is C9H17N3. The third-order valence-corrected chi connectivity index (χ3v) is 1.86. The normalized spacial score (nSPS) is 21.8. The topological polar surface area (TPSA) is 50.1 Å². The first-order valence-electron chi connectivity index (χ1n) is 4.46. The SMILES string of the molecule is CCCCNC1NC=CC=C1N. The van der Waals surface area contributed by atoms with Gasteiger partial charge >= 0.3 is 0 Å². The summed E-state index contributed by atoms with van der Waals surface area (Å²) >= 11 is 0. The Balaban J connectivity index is 2.24. The fraction of sp³-hybridized carbons (Fsp3) is 0.556. The first-order chi connectivity index (χ1) is 5.84. The van der Waals surface area contributed by atoms with Gasteiger partial charge in [-0.1, -0.05) is 13.3 Å². The lowest BCUT2D eigenvalue weighted by atomic mass is 10.2. The van der Waals surface area contributed by atoms with Crippen LogP contribution in [0.15, 0.2) is 24.0 Å². The van der Waals surface area contributed by atoms with Gasteiger partial charge in [0.1, 0.15) is 6.17 Å². The summed E-state index contributed by atoms with van der Waals surface area (Å²) in [4.78, 5) is 0. The van der Waals surface area contributed by atoms with E-state index in [2.05, 4.69) is 17.6 Å². The molecule has 0 aromatic rings. The quantitative estimate of drug-likeness (QED) is 0.539. The van der Waals surface area contributed by atoms with Gasteiger partial charge in [0.2, 0.25) is 0 Å². The molecular weight excluding hydrogens is 150 g/mol. The second-order valence-electron chi connectivity index (χ2n) is 2.93. The van der Waals surface area contributed by atoms with Crippen molar-refractivity contribution in [3.05, 3.63) is 24.0 Å². The predicted octanol–water partition coefficient (Wildman–Crippen LogP) is 0.662. The maximum atomic E-state index is 5.75. The number of dihydropyridines is 1. The molecule has 3 heteroatoms. The third-order valence-electron chi connectivity index (χ3n) is 1.86. The molecule has 0 saturated heterocycles. The van der Waals surface area contributed by atoms with Crippen LogP contribution in [0, 0.1) is 0 Å². The predicted molar refractivity (Wildman–Crippen MR) is 51.2 cm³/mol. The highest BCUT2D eigenvalue weighted by Crippen LogP contribution is 1.97. The van der Waals surface area contributed by atoms with Crippen molar-refractivity contribution in [3.8, 4) is 0 Å². The number of rotatable bonds is 4. The Hall–Kier alpha value is -0.960. The van der Waals surface area contributed by atoms with Crippen molar-refractivity contribution >= 4 is 0 Å². The van der Waals surface area contributed by atoms with Crippen molar-refractivity contribution < 1.29 is 0 Å². The summed E-state index contributed by atoms with van der Waals surface area (Å²) in [6.45, 7) is 3.19. The van der Waals surface area contributed by atoms with Gasteiger partial charge in [0, 0.05) is 5.70 Å². The van der Waals surface area contributed by atoms with Gasteiger partial charge in [0.25, 0.3) is 0 Å². The lowest BCUT2D eigenvalue weighted by Gasteiger charge is -2.21. The number of hydrogen-bond donors (Lipinski definition) is 3. The number of hydrogen-bond acceptors (Lipinski definition) is 3. The van der Waals surface area contributed by atoms with E-state index in [0.717, 1.165) is 12.2 Å². The van der Waals surface area contributed by atoms with Crippen molar-refractivity contribution in [2.45, 2.75) is 25.9 Å². The number of allylic oxidation sites excluding steroid dienone is 2. The zero-order valence-electron chi connectivity index (χ0n) is 7.51. The maximum Gasteiger partial charge on any atom is 0.117 e. The van der Waals surface area contributed by atoms with Crippen LogP contribution in [-0.4, -0.2) is 12.7 Å². The molecule has 1 unspecified atom stereocenters. The molecule has 12 heavy (non-hydrogen) atoms. The number of unbranched alkanes of at least 4 members (excludes halogenated alkanes) is 1. The Bertz CT molecular complexity index is 184. The minimum atomic E-state index is 0.126. The van der Waals surface area contributed by atoms with E-state index in [-0.39, 0.29) is 6.17 Å². The van der Waals surface area contributed by atoms with E-state index >= 15 is 0 Å². The van der Waals surface area contributed by atoms with Crippen LogP contribution < -0.4 is 16.4 Å². The summed E-state index contributed by atoms with van der Waals surface area (Å²) < 4.78 is 0. The van der Waals surface area contributed by atoms with E-state index in [4.69, 9.17) is 5.73 Å². The Kier molecular flexibility index (Phi) is 3.67. The van der Waals surface area contributed by atoms with E-state index in [1.165, 1.54) is 12.8 Å². The molecule has 1 aliphatic heterocycles. The second-order valence-corrected chi connectivity index (χ2v) is 2.93. The Labute approximate surface area is 73.7 Å². The Morgan fingerprint density at radius 3 is 3.17 bits per heavy atom. The first-order valence-corrected chi connectivity index (χ1v) is 4.46. The lowest BCUT2D eigenvalue weighted by molar-refractivity contribution is 0.507. The first kappa shape index (κ1) is 9.13. The molecule has 3 nitrogen and oxygen atoms in total. The average Bonchev–Trinajstić information content (AvgIpc) is 2.09. The summed E-state index contributed by atoms with van der Waals surface area (Å²) in [7, 11) is 0. The molecule has 1 rings (SSSR count). The van der Waals surface area contributed by atoms with Crippen LogP contribution in [0.2, 0.25) is 0 Å². The molecule has 0 radical (unpaired) electrons. The van der Waals surface area contributed by atoms with Gasteiger partial charge in [0.05, 0.1) is 0 Å². The van der Waals surface area contributed by atoms with E-state index < -0.39 is 0 Å². The fourth-order valence-electron chi connectivity index (χ4n) is 1.10. The van der Waals surface area contributed by atoms with Crippen molar-refractivity contribution in [3.63, 3.8) is 0 Å². The number of nitrogens with two attached hydrogens (primary N) is 1. The molecule has 4 N–H and O–H groups in total. The largest absolute Gasteiger partial charge is 0.399 e. The van der Waals surface area contributed by atoms with Gasteiger partial charge in [-0.05, 0) is 31.3 Å². The number of nitrogens with one attached hydrogen (secondary N) is 2. The highest BCUT2D eigenvalue weighted by Gasteiger charge is 2.08. The molecule has 68 valence electrons. The van der Waals surface area contributed by atoms with Gasteiger partial charge in [-0.25, -0.2) is 0 Å². The Morgan fingerprint density at radius 1 is 1.67 bits per heavy atom. The molecule has 1 atom stereocenters. The minimum Gasteiger partial charge on any atom is -0.399 e. The zero-order valence-corrected chi connectivity index (χ0v) is 7.51. The van der Waals surface area contributed by atoms with Crippen LogP contribution in [0.4, 0.5) is 0 Å². The molecule has 1 heterocycles. The van der Waals surface area contributed by atoms with E-state index in [9.17, 15) is 0 Å². The highest BCUT2D eigenvalue weighted by molar-refractivity contribution is 5.19. The zero-order chi connectivity index (χ0) is 8.81. The second kappa shape index (κ2) is 4.83. The Morgan fingerprint density at radius 2 is 2.50 bits per heavy atom. The summed E-state index contributed by atoms with van der Waals surface area (Å²) in [6.07, 6.45) is 8.25. The molecule has 0 saturated carbocycles.